The monoisotopic (exact) mass is 771 g/mol. The molecule has 0 aliphatic carbocycles. The van der Waals surface area contributed by atoms with Gasteiger partial charge in [-0.25, -0.2) is 15.0 Å². The molecule has 2 aliphatic heterocycles. The van der Waals surface area contributed by atoms with E-state index in [9.17, 15) is 8.42 Å². The zero-order valence-electron chi connectivity index (χ0n) is 34.1. The van der Waals surface area contributed by atoms with E-state index in [4.69, 9.17) is 25.5 Å². The van der Waals surface area contributed by atoms with Gasteiger partial charge in [0, 0.05) is 36.9 Å². The van der Waals surface area contributed by atoms with Gasteiger partial charge in [-0.1, -0.05) is 104 Å². The Morgan fingerprint density at radius 1 is 0.618 bits per heavy atom. The quantitative estimate of drug-likeness (QED) is 0.0841. The van der Waals surface area contributed by atoms with Gasteiger partial charge in [0.15, 0.2) is 12.6 Å². The van der Waals surface area contributed by atoms with Crippen LogP contribution in [0.25, 0.3) is 4.85 Å². The van der Waals surface area contributed by atoms with E-state index in [0.29, 0.717) is 26.1 Å². The lowest BCUT2D eigenvalue weighted by atomic mass is 9.78. The molecule has 0 radical (unpaired) electrons. The van der Waals surface area contributed by atoms with Gasteiger partial charge >= 0.3 is 4.87 Å². The number of sulfone groups is 1. The Bertz CT molecular complexity index is 1670. The average molecular weight is 772 g/mol. The van der Waals surface area contributed by atoms with Gasteiger partial charge in [0.25, 0.3) is 9.84 Å². The maximum absolute atomic E-state index is 14.6. The topological polar surface area (TPSA) is 75.4 Å². The minimum Gasteiger partial charge on any atom is -0.353 e. The van der Waals surface area contributed by atoms with Crippen molar-refractivity contribution in [1.82, 2.24) is 0 Å². The Balaban J connectivity index is 1.30. The van der Waals surface area contributed by atoms with Crippen LogP contribution in [-0.4, -0.2) is 52.3 Å². The Kier molecular flexibility index (Phi) is 15.6. The van der Waals surface area contributed by atoms with Crippen LogP contribution in [0.5, 0.6) is 0 Å². The minimum atomic E-state index is -3.96. The molecule has 2 heterocycles. The van der Waals surface area contributed by atoms with Crippen molar-refractivity contribution in [2.45, 2.75) is 158 Å². The summed E-state index contributed by atoms with van der Waals surface area (Å²) in [5.41, 5.74) is 5.24. The molecule has 300 valence electrons. The van der Waals surface area contributed by atoms with Crippen LogP contribution < -0.4 is 0 Å². The van der Waals surface area contributed by atoms with Crippen LogP contribution >= 0.6 is 0 Å². The standard InChI is InChI=1S/C47H65NO6S/c1-37-17-23-40(24-18-37)45(4,35-53-43-15-7-13-33-51-43)29-9-11-31-47(48-6,55(49,50)42-27-21-39(3)22-28-42)32-12-10-30-46(5,41-25-19-38(2)20-26-41)36-54-44-16-8-14-34-52-44/h17-28,43-44H,7-16,29-36H2,1-5H3. The average Bonchev–Trinajstić information content (AvgIpc) is 3.20. The molecule has 3 aromatic carbocycles. The van der Waals surface area contributed by atoms with Gasteiger partial charge in [0.05, 0.1) is 18.1 Å². The Hall–Kier alpha value is -3.06. The highest BCUT2D eigenvalue weighted by Crippen LogP contribution is 2.40. The number of ether oxygens (including phenoxy) is 4. The largest absolute Gasteiger partial charge is 0.353 e. The fourth-order valence-electron chi connectivity index (χ4n) is 8.09. The molecule has 4 unspecified atom stereocenters. The SMILES string of the molecule is [C-]#[N+]C(CCCCC(C)(COC1CCCCO1)c1ccc(C)cc1)(CCCCC(C)(COC1CCCCO1)c1ccc(C)cc1)S(=O)(=O)c1ccc(C)cc1. The van der Waals surface area contributed by atoms with Crippen LogP contribution in [0.1, 0.15) is 132 Å². The predicted molar refractivity (Wildman–Crippen MR) is 221 cm³/mol. The van der Waals surface area contributed by atoms with Crippen molar-refractivity contribution >= 4 is 9.84 Å². The van der Waals surface area contributed by atoms with Gasteiger partial charge < -0.3 is 18.9 Å². The lowest BCUT2D eigenvalue weighted by Gasteiger charge is -2.34. The second-order valence-corrected chi connectivity index (χ2v) is 19.1. The Morgan fingerprint density at radius 3 is 1.36 bits per heavy atom. The first-order valence-electron chi connectivity index (χ1n) is 20.7. The predicted octanol–water partition coefficient (Wildman–Crippen LogP) is 11.1. The van der Waals surface area contributed by atoms with E-state index in [-0.39, 0.29) is 41.1 Å². The number of hydrogen-bond acceptors (Lipinski definition) is 6. The molecule has 2 fully saturated rings. The number of benzene rings is 3. The van der Waals surface area contributed by atoms with Crippen molar-refractivity contribution in [3.63, 3.8) is 0 Å². The number of rotatable bonds is 20. The van der Waals surface area contributed by atoms with Crippen LogP contribution in [-0.2, 0) is 39.6 Å². The summed E-state index contributed by atoms with van der Waals surface area (Å²) in [6, 6.07) is 24.3. The molecular weight excluding hydrogens is 707 g/mol. The summed E-state index contributed by atoms with van der Waals surface area (Å²) in [4.78, 5) is 2.74. The van der Waals surface area contributed by atoms with Crippen molar-refractivity contribution in [2.75, 3.05) is 26.4 Å². The number of unbranched alkanes of at least 4 members (excludes halogenated alkanes) is 2. The highest BCUT2D eigenvalue weighted by atomic mass is 32.2. The van der Waals surface area contributed by atoms with Crippen molar-refractivity contribution < 1.29 is 27.4 Å². The summed E-state index contributed by atoms with van der Waals surface area (Å²) in [6.45, 7) is 21.6. The summed E-state index contributed by atoms with van der Waals surface area (Å²) >= 11 is 0. The molecule has 55 heavy (non-hydrogen) atoms. The summed E-state index contributed by atoms with van der Waals surface area (Å²) in [6.07, 6.45) is 10.7. The van der Waals surface area contributed by atoms with Crippen LogP contribution in [0.3, 0.4) is 0 Å². The fraction of sp³-hybridized carbons (Fsp3) is 0.596. The van der Waals surface area contributed by atoms with E-state index in [1.54, 1.807) is 12.1 Å². The maximum atomic E-state index is 14.6. The summed E-state index contributed by atoms with van der Waals surface area (Å²) in [7, 11) is -3.96. The molecule has 5 rings (SSSR count). The number of nitrogens with zero attached hydrogens (tertiary/aromatic N) is 1. The second-order valence-electron chi connectivity index (χ2n) is 16.9. The molecule has 0 aromatic heterocycles. The molecule has 4 atom stereocenters. The summed E-state index contributed by atoms with van der Waals surface area (Å²) in [5.74, 6) is 0. The highest BCUT2D eigenvalue weighted by molar-refractivity contribution is 7.93. The Morgan fingerprint density at radius 2 is 1.00 bits per heavy atom. The van der Waals surface area contributed by atoms with E-state index in [1.807, 2.05) is 19.1 Å². The minimum absolute atomic E-state index is 0.187. The molecule has 2 saturated heterocycles. The fourth-order valence-corrected chi connectivity index (χ4v) is 9.97. The first kappa shape index (κ1) is 43.1. The second kappa shape index (κ2) is 19.9. The molecule has 7 nitrogen and oxygen atoms in total. The number of aryl methyl sites for hydroxylation is 3. The zero-order valence-corrected chi connectivity index (χ0v) is 34.9. The summed E-state index contributed by atoms with van der Waals surface area (Å²) in [5, 5.41) is 0. The van der Waals surface area contributed by atoms with E-state index in [0.717, 1.165) is 83.0 Å². The van der Waals surface area contributed by atoms with Gasteiger partial charge in [0.1, 0.15) is 0 Å². The van der Waals surface area contributed by atoms with Crippen molar-refractivity contribution in [3.8, 4) is 0 Å². The smallest absolute Gasteiger partial charge is 0.333 e. The zero-order chi connectivity index (χ0) is 39.4. The van der Waals surface area contributed by atoms with Crippen molar-refractivity contribution in [3.05, 3.63) is 112 Å². The van der Waals surface area contributed by atoms with Crippen molar-refractivity contribution in [2.24, 2.45) is 0 Å². The van der Waals surface area contributed by atoms with E-state index < -0.39 is 14.7 Å². The van der Waals surface area contributed by atoms with E-state index >= 15 is 0 Å². The van der Waals surface area contributed by atoms with Gasteiger partial charge in [-0.05, 0) is 108 Å². The molecule has 0 spiro atoms. The van der Waals surface area contributed by atoms with Gasteiger partial charge in [-0.2, -0.15) is 0 Å². The molecule has 0 amide bonds. The molecule has 0 N–H and O–H groups in total. The van der Waals surface area contributed by atoms with Crippen LogP contribution in [0.4, 0.5) is 0 Å². The molecular formula is C47H65NO6S. The summed E-state index contributed by atoms with van der Waals surface area (Å²) < 4.78 is 53.7. The normalized spacial score (nSPS) is 21.2. The van der Waals surface area contributed by atoms with Gasteiger partial charge in [-0.15, -0.1) is 0 Å². The van der Waals surface area contributed by atoms with E-state index in [2.05, 4.69) is 81.1 Å². The molecule has 2 aliphatic rings. The first-order chi connectivity index (χ1) is 26.4. The van der Waals surface area contributed by atoms with Gasteiger partial charge in [-0.3, -0.25) is 4.85 Å². The third kappa shape index (κ3) is 11.5. The van der Waals surface area contributed by atoms with E-state index in [1.165, 1.54) is 22.3 Å². The Labute approximate surface area is 332 Å². The number of hydrogen-bond donors (Lipinski definition) is 0. The molecule has 0 bridgehead atoms. The van der Waals surface area contributed by atoms with Crippen molar-refractivity contribution in [1.29, 1.82) is 0 Å². The first-order valence-corrected chi connectivity index (χ1v) is 22.2. The molecule has 8 heteroatoms. The third-order valence-electron chi connectivity index (χ3n) is 12.1. The molecule has 3 aromatic rings. The lowest BCUT2D eigenvalue weighted by molar-refractivity contribution is -0.171. The van der Waals surface area contributed by atoms with Crippen LogP contribution in [0, 0.1) is 27.3 Å². The van der Waals surface area contributed by atoms with Crippen LogP contribution in [0.2, 0.25) is 0 Å². The highest BCUT2D eigenvalue weighted by Gasteiger charge is 2.50. The van der Waals surface area contributed by atoms with Crippen LogP contribution in [0.15, 0.2) is 77.7 Å². The lowest BCUT2D eigenvalue weighted by Crippen LogP contribution is -2.36. The third-order valence-corrected chi connectivity index (χ3v) is 14.5. The maximum Gasteiger partial charge on any atom is 0.333 e. The van der Waals surface area contributed by atoms with Gasteiger partial charge in [0.2, 0.25) is 0 Å². The molecule has 0 saturated carbocycles.